The normalized spacial score (nSPS) is 13.2. The highest BCUT2D eigenvalue weighted by Gasteiger charge is 2.37. The van der Waals surface area contributed by atoms with Gasteiger partial charge in [-0.3, -0.25) is 4.98 Å². The summed E-state index contributed by atoms with van der Waals surface area (Å²) in [6, 6.07) is 10.5. The number of pyridine rings is 1. The molecule has 5 nitrogen and oxygen atoms in total. The quantitative estimate of drug-likeness (QED) is 0.306. The van der Waals surface area contributed by atoms with Crippen LogP contribution in [0.25, 0.3) is 10.9 Å². The lowest BCUT2D eigenvalue weighted by Gasteiger charge is -2.36. The highest BCUT2D eigenvalue weighted by atomic mass is 127. The predicted octanol–water partition coefficient (Wildman–Crippen LogP) is 5.71. The van der Waals surface area contributed by atoms with Crippen molar-refractivity contribution in [1.29, 1.82) is 0 Å². The van der Waals surface area contributed by atoms with Gasteiger partial charge in [-0.1, -0.05) is 38.5 Å². The highest BCUT2D eigenvalue weighted by molar-refractivity contribution is 14.1. The first-order chi connectivity index (χ1) is 13.3. The van der Waals surface area contributed by atoms with Gasteiger partial charge in [-0.15, -0.1) is 0 Å². The van der Waals surface area contributed by atoms with Crippen LogP contribution in [-0.4, -0.2) is 25.7 Å². The predicted molar refractivity (Wildman–Crippen MR) is 128 cm³/mol. The van der Waals surface area contributed by atoms with Gasteiger partial charge in [0.05, 0.1) is 26.4 Å². The summed E-state index contributed by atoms with van der Waals surface area (Å²) in [5.41, 5.74) is 2.41. The molecule has 0 N–H and O–H groups in total. The van der Waals surface area contributed by atoms with Crippen LogP contribution in [0.4, 0.5) is 0 Å². The van der Waals surface area contributed by atoms with Crippen molar-refractivity contribution in [3.63, 3.8) is 0 Å². The average molecular weight is 543 g/mol. The smallest absolute Gasteiger partial charge is 0.269 e. The van der Waals surface area contributed by atoms with Crippen molar-refractivity contribution in [2.75, 3.05) is 0 Å². The zero-order chi connectivity index (χ0) is 21.6. The number of halogens is 1. The van der Waals surface area contributed by atoms with E-state index in [1.54, 1.807) is 24.4 Å². The zero-order valence-electron chi connectivity index (χ0n) is 17.7. The molecule has 0 amide bonds. The molecule has 1 aromatic carbocycles. The lowest BCUT2D eigenvalue weighted by Crippen LogP contribution is -2.40. The third-order valence-electron chi connectivity index (χ3n) is 5.66. The van der Waals surface area contributed by atoms with Crippen molar-refractivity contribution < 1.29 is 12.8 Å². The van der Waals surface area contributed by atoms with E-state index in [2.05, 4.69) is 61.4 Å². The van der Waals surface area contributed by atoms with Crippen LogP contribution in [0.2, 0.25) is 18.1 Å². The van der Waals surface area contributed by atoms with Crippen molar-refractivity contribution in [3.8, 4) is 0 Å². The molecule has 0 spiro atoms. The van der Waals surface area contributed by atoms with E-state index in [0.29, 0.717) is 15.8 Å². The van der Waals surface area contributed by atoms with E-state index in [1.165, 1.54) is 3.97 Å². The summed E-state index contributed by atoms with van der Waals surface area (Å²) in [6.07, 6.45) is 1.66. The molecule has 0 saturated carbocycles. The second-order valence-electron chi connectivity index (χ2n) is 8.79. The second kappa shape index (κ2) is 7.79. The minimum absolute atomic E-state index is 0.0933. The standard InChI is InChI=1S/C21H27IN2O3SSi/c1-15-7-9-16(10-8-15)28(25,26)24-19-11-12-23-18(17(19)13-20(24)22)14-27-29(5,6)21(2,3)4/h7-13H,14H2,1-6H3. The fourth-order valence-corrected chi connectivity index (χ4v) is 6.44. The van der Waals surface area contributed by atoms with Crippen LogP contribution in [-0.2, 0) is 21.1 Å². The SMILES string of the molecule is Cc1ccc(S(=O)(=O)n2c(I)cc3c(CO[Si](C)(C)C(C)(C)C)nccc32)cc1. The van der Waals surface area contributed by atoms with Crippen LogP contribution >= 0.6 is 22.6 Å². The van der Waals surface area contributed by atoms with Crippen LogP contribution in [0.1, 0.15) is 32.0 Å². The third-order valence-corrected chi connectivity index (χ3v) is 13.0. The summed E-state index contributed by atoms with van der Waals surface area (Å²) < 4.78 is 35.0. The van der Waals surface area contributed by atoms with Gasteiger partial charge in [0.2, 0.25) is 0 Å². The Labute approximate surface area is 187 Å². The molecule has 29 heavy (non-hydrogen) atoms. The van der Waals surface area contributed by atoms with Crippen LogP contribution in [0.3, 0.4) is 0 Å². The van der Waals surface area contributed by atoms with Gasteiger partial charge in [0, 0.05) is 11.6 Å². The fraction of sp³-hybridized carbons (Fsp3) is 0.381. The van der Waals surface area contributed by atoms with E-state index < -0.39 is 18.3 Å². The van der Waals surface area contributed by atoms with Crippen molar-refractivity contribution in [3.05, 3.63) is 57.6 Å². The van der Waals surface area contributed by atoms with Crippen LogP contribution in [0.5, 0.6) is 0 Å². The zero-order valence-corrected chi connectivity index (χ0v) is 21.6. The summed E-state index contributed by atoms with van der Waals surface area (Å²) in [6.45, 7) is 13.3. The van der Waals surface area contributed by atoms with Gasteiger partial charge < -0.3 is 4.43 Å². The number of benzene rings is 1. The number of nitrogens with zero attached hydrogens (tertiary/aromatic N) is 2. The van der Waals surface area contributed by atoms with Gasteiger partial charge >= 0.3 is 0 Å². The minimum atomic E-state index is -3.70. The molecule has 3 aromatic rings. The fourth-order valence-electron chi connectivity index (χ4n) is 2.77. The van der Waals surface area contributed by atoms with Crippen molar-refractivity contribution in [2.45, 2.75) is 57.3 Å². The van der Waals surface area contributed by atoms with Crippen molar-refractivity contribution in [2.24, 2.45) is 0 Å². The van der Waals surface area contributed by atoms with E-state index in [0.717, 1.165) is 16.6 Å². The van der Waals surface area contributed by atoms with E-state index >= 15 is 0 Å². The number of hydrogen-bond donors (Lipinski definition) is 0. The van der Waals surface area contributed by atoms with Gasteiger partial charge in [-0.05, 0) is 71.9 Å². The molecule has 2 aromatic heterocycles. The Morgan fingerprint density at radius 1 is 1.14 bits per heavy atom. The topological polar surface area (TPSA) is 61.2 Å². The number of fused-ring (bicyclic) bond motifs is 1. The highest BCUT2D eigenvalue weighted by Crippen LogP contribution is 2.37. The van der Waals surface area contributed by atoms with Gasteiger partial charge in [0.1, 0.15) is 0 Å². The van der Waals surface area contributed by atoms with Gasteiger partial charge in [0.15, 0.2) is 8.32 Å². The van der Waals surface area contributed by atoms with Crippen LogP contribution in [0.15, 0.2) is 47.5 Å². The average Bonchev–Trinajstić information content (AvgIpc) is 2.96. The van der Waals surface area contributed by atoms with Gasteiger partial charge in [-0.2, -0.15) is 0 Å². The Kier molecular flexibility index (Phi) is 6.03. The molecule has 2 heterocycles. The van der Waals surface area contributed by atoms with E-state index in [4.69, 9.17) is 4.43 Å². The Balaban J connectivity index is 2.06. The Hall–Kier alpha value is -1.23. The van der Waals surface area contributed by atoms with Gasteiger partial charge in [-0.25, -0.2) is 12.4 Å². The lowest BCUT2D eigenvalue weighted by molar-refractivity contribution is 0.273. The number of aryl methyl sites for hydroxylation is 1. The number of aromatic nitrogens is 2. The second-order valence-corrected chi connectivity index (χ2v) is 16.5. The molecule has 0 saturated heterocycles. The largest absolute Gasteiger partial charge is 0.411 e. The number of hydrogen-bond acceptors (Lipinski definition) is 4. The van der Waals surface area contributed by atoms with E-state index in [1.807, 2.05) is 25.1 Å². The van der Waals surface area contributed by atoms with Crippen molar-refractivity contribution >= 4 is 51.8 Å². The van der Waals surface area contributed by atoms with E-state index in [-0.39, 0.29) is 9.93 Å². The third kappa shape index (κ3) is 4.30. The molecule has 0 bridgehead atoms. The first kappa shape index (κ1) is 22.5. The lowest BCUT2D eigenvalue weighted by atomic mass is 10.2. The molecule has 8 heteroatoms. The summed E-state index contributed by atoms with van der Waals surface area (Å²) >= 11 is 2.07. The molecular formula is C21H27IN2O3SSi. The molecule has 3 rings (SSSR count). The summed E-state index contributed by atoms with van der Waals surface area (Å²) in [5, 5.41) is 0.905. The molecule has 0 radical (unpaired) electrons. The first-order valence-electron chi connectivity index (χ1n) is 9.46. The molecule has 0 unspecified atom stereocenters. The molecule has 0 atom stereocenters. The Morgan fingerprint density at radius 2 is 1.76 bits per heavy atom. The molecule has 0 aliphatic carbocycles. The molecule has 0 fully saturated rings. The first-order valence-corrected chi connectivity index (χ1v) is 14.9. The monoisotopic (exact) mass is 542 g/mol. The van der Waals surface area contributed by atoms with E-state index in [9.17, 15) is 8.42 Å². The number of rotatable bonds is 5. The molecule has 0 aliphatic rings. The minimum Gasteiger partial charge on any atom is -0.411 e. The van der Waals surface area contributed by atoms with Crippen molar-refractivity contribution in [1.82, 2.24) is 8.96 Å². The molecular weight excluding hydrogens is 515 g/mol. The molecule has 156 valence electrons. The Bertz CT molecular complexity index is 1150. The van der Waals surface area contributed by atoms with Gasteiger partial charge in [0.25, 0.3) is 10.0 Å². The maximum Gasteiger partial charge on any atom is 0.269 e. The summed E-state index contributed by atoms with van der Waals surface area (Å²) in [4.78, 5) is 4.77. The van der Waals surface area contributed by atoms with Crippen LogP contribution in [0, 0.1) is 10.6 Å². The summed E-state index contributed by atoms with van der Waals surface area (Å²) in [7, 11) is -5.65. The Morgan fingerprint density at radius 3 is 2.34 bits per heavy atom. The van der Waals surface area contributed by atoms with Crippen LogP contribution < -0.4 is 0 Å². The maximum absolute atomic E-state index is 13.3. The maximum atomic E-state index is 13.3. The summed E-state index contributed by atoms with van der Waals surface area (Å²) in [5.74, 6) is 0. The molecule has 0 aliphatic heterocycles.